The number of aryl methyl sites for hydroxylation is 1. The van der Waals surface area contributed by atoms with Crippen LogP contribution in [0.3, 0.4) is 0 Å². The topological polar surface area (TPSA) is 27.7 Å². The molecule has 1 rings (SSSR count). The summed E-state index contributed by atoms with van der Waals surface area (Å²) in [6.07, 6.45) is 1.86. The van der Waals surface area contributed by atoms with Gasteiger partial charge in [-0.05, 0) is 38.0 Å². The normalized spacial score (nSPS) is 12.4. The van der Waals surface area contributed by atoms with Crippen LogP contribution in [0, 0.1) is 6.92 Å². The lowest BCUT2D eigenvalue weighted by atomic mass is 10.2. The molecule has 1 atom stereocenters. The van der Waals surface area contributed by atoms with Crippen molar-refractivity contribution in [3.8, 4) is 5.75 Å². The Morgan fingerprint density at radius 2 is 1.88 bits per heavy atom. The van der Waals surface area contributed by atoms with E-state index in [1.165, 1.54) is 17.6 Å². The van der Waals surface area contributed by atoms with Gasteiger partial charge in [0.25, 0.3) is 0 Å². The van der Waals surface area contributed by atoms with E-state index in [1.807, 2.05) is 37.4 Å². The van der Waals surface area contributed by atoms with Crippen molar-refractivity contribution in [3.63, 3.8) is 0 Å². The minimum absolute atomic E-state index is 0.0359. The first-order chi connectivity index (χ1) is 8.26. The van der Waals surface area contributed by atoms with E-state index < -0.39 is 0 Å². The van der Waals surface area contributed by atoms with Crippen molar-refractivity contribution in [1.29, 1.82) is 0 Å². The first-order valence-corrected chi connectivity index (χ1v) is 6.88. The Bertz CT molecular complexity index is 300. The van der Waals surface area contributed by atoms with E-state index in [1.54, 1.807) is 0 Å². The van der Waals surface area contributed by atoms with E-state index in [4.69, 9.17) is 13.7 Å². The molecule has 0 saturated carbocycles. The molecule has 1 unspecified atom stereocenters. The fraction of sp³-hybridized carbons (Fsp3) is 0.538. The van der Waals surface area contributed by atoms with Gasteiger partial charge in [0.05, 0.1) is 6.61 Å². The number of benzene rings is 1. The summed E-state index contributed by atoms with van der Waals surface area (Å²) in [7, 11) is 0. The second kappa shape index (κ2) is 8.39. The average Bonchev–Trinajstić information content (AvgIpc) is 2.35. The van der Waals surface area contributed by atoms with Gasteiger partial charge in [-0.25, -0.2) is 0 Å². The van der Waals surface area contributed by atoms with Crippen LogP contribution >= 0.6 is 12.0 Å². The van der Waals surface area contributed by atoms with Gasteiger partial charge in [-0.2, -0.15) is 0 Å². The fourth-order valence-corrected chi connectivity index (χ4v) is 1.70. The first-order valence-electron chi connectivity index (χ1n) is 5.73. The summed E-state index contributed by atoms with van der Waals surface area (Å²) >= 11 is 1.34. The van der Waals surface area contributed by atoms with Crippen LogP contribution in [0.1, 0.15) is 12.5 Å². The fourth-order valence-electron chi connectivity index (χ4n) is 1.31. The minimum atomic E-state index is -0.0359. The summed E-state index contributed by atoms with van der Waals surface area (Å²) < 4.78 is 16.4. The summed E-state index contributed by atoms with van der Waals surface area (Å²) in [6, 6.07) is 7.99. The maximum Gasteiger partial charge on any atom is 0.129 e. The predicted molar refractivity (Wildman–Crippen MR) is 71.6 cm³/mol. The summed E-state index contributed by atoms with van der Waals surface area (Å²) in [4.78, 5) is 0. The van der Waals surface area contributed by atoms with Crippen LogP contribution in [-0.4, -0.2) is 32.2 Å². The van der Waals surface area contributed by atoms with Gasteiger partial charge < -0.3 is 13.7 Å². The molecule has 0 aliphatic rings. The lowest BCUT2D eigenvalue weighted by Gasteiger charge is -2.16. The summed E-state index contributed by atoms with van der Waals surface area (Å²) in [5.41, 5.74) is 1.23. The van der Waals surface area contributed by atoms with E-state index in [-0.39, 0.29) is 6.10 Å². The highest BCUT2D eigenvalue weighted by atomic mass is 32.2. The van der Waals surface area contributed by atoms with Gasteiger partial charge in [-0.3, -0.25) is 0 Å². The maximum absolute atomic E-state index is 5.65. The molecule has 0 amide bonds. The highest BCUT2D eigenvalue weighted by Crippen LogP contribution is 2.13. The van der Waals surface area contributed by atoms with E-state index in [0.717, 1.165) is 5.75 Å². The van der Waals surface area contributed by atoms with Gasteiger partial charge in [0, 0.05) is 12.9 Å². The van der Waals surface area contributed by atoms with Crippen LogP contribution in [0.25, 0.3) is 0 Å². The quantitative estimate of drug-likeness (QED) is 0.668. The third-order valence-electron chi connectivity index (χ3n) is 2.20. The Hall–Kier alpha value is -0.710. The van der Waals surface area contributed by atoms with E-state index in [9.17, 15) is 0 Å². The average molecular weight is 256 g/mol. The second-order valence-electron chi connectivity index (χ2n) is 3.67. The van der Waals surface area contributed by atoms with Crippen LogP contribution in [0.4, 0.5) is 0 Å². The second-order valence-corrected chi connectivity index (χ2v) is 4.19. The summed E-state index contributed by atoms with van der Waals surface area (Å²) in [5, 5.41) is 0. The molecule has 0 aromatic heterocycles. The Morgan fingerprint density at radius 1 is 1.18 bits per heavy atom. The molecule has 96 valence electrons. The summed E-state index contributed by atoms with van der Waals surface area (Å²) in [6.45, 7) is 5.78. The molecule has 0 aliphatic heterocycles. The highest BCUT2D eigenvalue weighted by molar-refractivity contribution is 7.93. The van der Waals surface area contributed by atoms with Crippen molar-refractivity contribution in [2.45, 2.75) is 20.0 Å². The molecule has 0 fully saturated rings. The minimum Gasteiger partial charge on any atom is -0.491 e. The molecule has 0 spiro atoms. The zero-order chi connectivity index (χ0) is 12.5. The Labute approximate surface area is 108 Å². The van der Waals surface area contributed by atoms with Crippen LogP contribution in [-0.2, 0) is 8.92 Å². The lowest BCUT2D eigenvalue weighted by Crippen LogP contribution is -2.25. The molecule has 0 saturated heterocycles. The van der Waals surface area contributed by atoms with Crippen LogP contribution in [0.2, 0.25) is 0 Å². The van der Waals surface area contributed by atoms with Crippen LogP contribution in [0.15, 0.2) is 24.3 Å². The molecule has 1 aromatic rings. The molecule has 4 heteroatoms. The van der Waals surface area contributed by atoms with Gasteiger partial charge in [0.15, 0.2) is 0 Å². The Balaban J connectivity index is 2.37. The molecule has 17 heavy (non-hydrogen) atoms. The standard InChI is InChI=1S/C13H20O3S/c1-4-14-9-13(16-17-3)10-15-12-7-5-11(2)6-8-12/h5-8,13H,4,9-10H2,1-3H3. The van der Waals surface area contributed by atoms with Gasteiger partial charge >= 0.3 is 0 Å². The van der Waals surface area contributed by atoms with Gasteiger partial charge in [0.1, 0.15) is 18.5 Å². The number of hydrogen-bond donors (Lipinski definition) is 0. The Morgan fingerprint density at radius 3 is 2.47 bits per heavy atom. The third-order valence-corrected chi connectivity index (χ3v) is 2.66. The van der Waals surface area contributed by atoms with Crippen LogP contribution in [0.5, 0.6) is 5.75 Å². The molecular formula is C13H20O3S. The Kier molecular flexibility index (Phi) is 7.08. The number of ether oxygens (including phenoxy) is 2. The van der Waals surface area contributed by atoms with Crippen molar-refractivity contribution < 1.29 is 13.7 Å². The summed E-state index contributed by atoms with van der Waals surface area (Å²) in [5.74, 6) is 0.863. The van der Waals surface area contributed by atoms with Crippen molar-refractivity contribution >= 4 is 12.0 Å². The molecule has 0 bridgehead atoms. The third kappa shape index (κ3) is 5.96. The SMILES string of the molecule is CCOCC(COc1ccc(C)cc1)OSC. The molecule has 0 aliphatic carbocycles. The van der Waals surface area contributed by atoms with Gasteiger partial charge in [0.2, 0.25) is 0 Å². The van der Waals surface area contributed by atoms with E-state index in [0.29, 0.717) is 19.8 Å². The molecule has 0 N–H and O–H groups in total. The van der Waals surface area contributed by atoms with Crippen molar-refractivity contribution in [3.05, 3.63) is 29.8 Å². The van der Waals surface area contributed by atoms with E-state index >= 15 is 0 Å². The predicted octanol–water partition coefficient (Wildman–Crippen LogP) is 3.07. The highest BCUT2D eigenvalue weighted by Gasteiger charge is 2.10. The smallest absolute Gasteiger partial charge is 0.129 e. The number of rotatable bonds is 8. The van der Waals surface area contributed by atoms with Gasteiger partial charge in [-0.1, -0.05) is 17.7 Å². The zero-order valence-corrected chi connectivity index (χ0v) is 11.5. The molecule has 1 aromatic carbocycles. The molecule has 0 heterocycles. The van der Waals surface area contributed by atoms with Crippen molar-refractivity contribution in [2.75, 3.05) is 26.1 Å². The van der Waals surface area contributed by atoms with Crippen molar-refractivity contribution in [2.24, 2.45) is 0 Å². The number of hydrogen-bond acceptors (Lipinski definition) is 4. The zero-order valence-electron chi connectivity index (χ0n) is 10.6. The maximum atomic E-state index is 5.65. The molecule has 0 radical (unpaired) electrons. The largest absolute Gasteiger partial charge is 0.491 e. The van der Waals surface area contributed by atoms with Crippen molar-refractivity contribution in [1.82, 2.24) is 0 Å². The van der Waals surface area contributed by atoms with Crippen LogP contribution < -0.4 is 4.74 Å². The molecule has 3 nitrogen and oxygen atoms in total. The molecular weight excluding hydrogens is 236 g/mol. The first kappa shape index (κ1) is 14.4. The van der Waals surface area contributed by atoms with E-state index in [2.05, 4.69) is 6.92 Å². The monoisotopic (exact) mass is 256 g/mol. The van der Waals surface area contributed by atoms with Gasteiger partial charge in [-0.15, -0.1) is 0 Å². The lowest BCUT2D eigenvalue weighted by molar-refractivity contribution is 0.0416.